The molecule has 4 saturated carbocycles. The molecule has 3 heteroatoms. The molecule has 0 amide bonds. The number of aliphatic hydroxyl groups excluding tert-OH is 2. The second-order valence-corrected chi connectivity index (χ2v) is 11.8. The third kappa shape index (κ3) is 2.88. The van der Waals surface area contributed by atoms with Crippen LogP contribution in [0.3, 0.4) is 0 Å². The summed E-state index contributed by atoms with van der Waals surface area (Å²) in [5, 5.41) is 25.2. The summed E-state index contributed by atoms with van der Waals surface area (Å²) in [6.07, 6.45) is 9.11. The second kappa shape index (κ2) is 6.19. The van der Waals surface area contributed by atoms with E-state index < -0.39 is 0 Å². The molecule has 4 aliphatic rings. The number of hydrogen-bond donors (Lipinski definition) is 3. The van der Waals surface area contributed by atoms with Crippen LogP contribution in [0.1, 0.15) is 86.0 Å². The van der Waals surface area contributed by atoms with Crippen molar-refractivity contribution in [2.45, 2.75) is 110 Å². The Bertz CT molecular complexity index is 543. The van der Waals surface area contributed by atoms with Crippen LogP contribution in [0.4, 0.5) is 0 Å². The predicted molar refractivity (Wildman–Crippen MR) is 106 cm³/mol. The molecule has 0 aromatic rings. The lowest BCUT2D eigenvalue weighted by Gasteiger charge is -2.62. The minimum atomic E-state index is -0.203. The number of rotatable bonds is 1. The standard InChI is InChI=1S/C23H41NO2/c1-21(2,3)24-18-13-23(5)14(12-19(18)25)6-7-15-16-8-9-20(26)22(16,4)11-10-17(15)23/h14-20,24-26H,6-13H2,1-5H3/t14-,15-,16-,17-,18-,19-,20-,22-,23-/m0/s1. The summed E-state index contributed by atoms with van der Waals surface area (Å²) in [6.45, 7) is 11.6. The van der Waals surface area contributed by atoms with Crippen molar-refractivity contribution in [1.82, 2.24) is 5.32 Å². The first-order chi connectivity index (χ1) is 12.0. The molecule has 4 fully saturated rings. The van der Waals surface area contributed by atoms with E-state index in [0.29, 0.717) is 11.3 Å². The van der Waals surface area contributed by atoms with Gasteiger partial charge in [0.2, 0.25) is 0 Å². The Hall–Kier alpha value is -0.120. The van der Waals surface area contributed by atoms with Gasteiger partial charge in [-0.25, -0.2) is 0 Å². The smallest absolute Gasteiger partial charge is 0.0696 e. The Morgan fingerprint density at radius 2 is 1.58 bits per heavy atom. The van der Waals surface area contributed by atoms with Crippen molar-refractivity contribution in [3.05, 3.63) is 0 Å². The van der Waals surface area contributed by atoms with Crippen molar-refractivity contribution < 1.29 is 10.2 Å². The average molecular weight is 364 g/mol. The molecule has 0 bridgehead atoms. The first kappa shape index (κ1) is 19.2. The molecule has 0 saturated heterocycles. The maximum Gasteiger partial charge on any atom is 0.0696 e. The molecule has 4 aliphatic carbocycles. The molecule has 0 aromatic carbocycles. The van der Waals surface area contributed by atoms with Crippen LogP contribution in [0.5, 0.6) is 0 Å². The topological polar surface area (TPSA) is 52.5 Å². The van der Waals surface area contributed by atoms with Crippen LogP contribution in [0.15, 0.2) is 0 Å². The summed E-state index contributed by atoms with van der Waals surface area (Å²) in [5.74, 6) is 2.96. The number of nitrogens with one attached hydrogen (secondary N) is 1. The Kier molecular flexibility index (Phi) is 4.57. The van der Waals surface area contributed by atoms with Crippen LogP contribution in [-0.2, 0) is 0 Å². The number of fused-ring (bicyclic) bond motifs is 5. The molecule has 0 spiro atoms. The fourth-order valence-corrected chi connectivity index (χ4v) is 7.98. The van der Waals surface area contributed by atoms with Crippen LogP contribution in [-0.4, -0.2) is 34.0 Å². The lowest BCUT2D eigenvalue weighted by molar-refractivity contribution is -0.142. The van der Waals surface area contributed by atoms with Gasteiger partial charge in [0.05, 0.1) is 12.2 Å². The fourth-order valence-electron chi connectivity index (χ4n) is 7.98. The number of aliphatic hydroxyl groups is 2. The molecule has 150 valence electrons. The molecule has 0 aliphatic heterocycles. The summed E-state index contributed by atoms with van der Waals surface area (Å²) in [6, 6.07) is 0.220. The summed E-state index contributed by atoms with van der Waals surface area (Å²) < 4.78 is 0. The highest BCUT2D eigenvalue weighted by molar-refractivity contribution is 5.11. The first-order valence-corrected chi connectivity index (χ1v) is 11.2. The monoisotopic (exact) mass is 363 g/mol. The maximum atomic E-state index is 10.8. The minimum absolute atomic E-state index is 0.0452. The highest BCUT2D eigenvalue weighted by atomic mass is 16.3. The molecule has 0 unspecified atom stereocenters. The van der Waals surface area contributed by atoms with Gasteiger partial charge in [-0.05, 0) is 107 Å². The highest BCUT2D eigenvalue weighted by Gasteiger charge is 2.61. The fraction of sp³-hybridized carbons (Fsp3) is 1.00. The van der Waals surface area contributed by atoms with Gasteiger partial charge in [-0.3, -0.25) is 0 Å². The molecule has 0 aromatic heterocycles. The largest absolute Gasteiger partial charge is 0.393 e. The molecule has 9 atom stereocenters. The third-order valence-corrected chi connectivity index (χ3v) is 9.28. The third-order valence-electron chi connectivity index (χ3n) is 9.28. The van der Waals surface area contributed by atoms with Crippen molar-refractivity contribution in [2.75, 3.05) is 0 Å². The normalized spacial score (nSPS) is 54.3. The van der Waals surface area contributed by atoms with E-state index in [2.05, 4.69) is 39.9 Å². The lowest BCUT2D eigenvalue weighted by Crippen LogP contribution is -2.61. The molecule has 4 rings (SSSR count). The quantitative estimate of drug-likeness (QED) is 0.657. The Morgan fingerprint density at radius 1 is 0.885 bits per heavy atom. The van der Waals surface area contributed by atoms with E-state index in [-0.39, 0.29) is 29.2 Å². The predicted octanol–water partition coefficient (Wildman–Crippen LogP) is 4.12. The first-order valence-electron chi connectivity index (χ1n) is 11.2. The molecule has 26 heavy (non-hydrogen) atoms. The van der Waals surface area contributed by atoms with E-state index in [1.165, 1.54) is 32.1 Å². The Labute approximate surface area is 160 Å². The SMILES string of the molecule is CC(C)(C)N[C@H]1C[C@@]2(C)[C@@H](CC[C@@H]3[C@@H]2CC[C@]2(C)[C@@H](O)CC[C@@H]32)C[C@@H]1O. The summed E-state index contributed by atoms with van der Waals surface area (Å²) in [4.78, 5) is 0. The zero-order chi connectivity index (χ0) is 18.9. The van der Waals surface area contributed by atoms with E-state index in [4.69, 9.17) is 0 Å². The van der Waals surface area contributed by atoms with Crippen LogP contribution in [0.25, 0.3) is 0 Å². The average Bonchev–Trinajstić information content (AvgIpc) is 2.83. The van der Waals surface area contributed by atoms with Gasteiger partial charge in [0.1, 0.15) is 0 Å². The van der Waals surface area contributed by atoms with E-state index in [0.717, 1.165) is 37.0 Å². The van der Waals surface area contributed by atoms with E-state index >= 15 is 0 Å². The summed E-state index contributed by atoms with van der Waals surface area (Å²) in [7, 11) is 0. The zero-order valence-corrected chi connectivity index (χ0v) is 17.6. The highest BCUT2D eigenvalue weighted by Crippen LogP contribution is 2.66. The summed E-state index contributed by atoms with van der Waals surface area (Å²) in [5.41, 5.74) is 0.561. The van der Waals surface area contributed by atoms with Crippen molar-refractivity contribution in [2.24, 2.45) is 34.5 Å². The van der Waals surface area contributed by atoms with Crippen molar-refractivity contribution in [1.29, 1.82) is 0 Å². The molecular formula is C23H41NO2. The van der Waals surface area contributed by atoms with Crippen molar-refractivity contribution in [3.8, 4) is 0 Å². The van der Waals surface area contributed by atoms with Crippen LogP contribution in [0.2, 0.25) is 0 Å². The number of hydrogen-bond acceptors (Lipinski definition) is 3. The molecule has 0 radical (unpaired) electrons. The van der Waals surface area contributed by atoms with Crippen molar-refractivity contribution >= 4 is 0 Å². The minimum Gasteiger partial charge on any atom is -0.393 e. The van der Waals surface area contributed by atoms with Gasteiger partial charge in [0, 0.05) is 11.6 Å². The molecule has 3 N–H and O–H groups in total. The van der Waals surface area contributed by atoms with Gasteiger partial charge < -0.3 is 15.5 Å². The molecule has 0 heterocycles. The van der Waals surface area contributed by atoms with Gasteiger partial charge in [-0.15, -0.1) is 0 Å². The lowest BCUT2D eigenvalue weighted by atomic mass is 9.44. The second-order valence-electron chi connectivity index (χ2n) is 11.8. The zero-order valence-electron chi connectivity index (χ0n) is 17.6. The molecule has 3 nitrogen and oxygen atoms in total. The van der Waals surface area contributed by atoms with Gasteiger partial charge >= 0.3 is 0 Å². The summed E-state index contributed by atoms with van der Waals surface area (Å²) >= 11 is 0. The van der Waals surface area contributed by atoms with Crippen molar-refractivity contribution in [3.63, 3.8) is 0 Å². The van der Waals surface area contributed by atoms with Gasteiger partial charge in [0.25, 0.3) is 0 Å². The van der Waals surface area contributed by atoms with Crippen LogP contribution >= 0.6 is 0 Å². The van der Waals surface area contributed by atoms with Gasteiger partial charge in [-0.2, -0.15) is 0 Å². The van der Waals surface area contributed by atoms with E-state index in [1.807, 2.05) is 0 Å². The Balaban J connectivity index is 1.59. The molecular weight excluding hydrogens is 322 g/mol. The Morgan fingerprint density at radius 3 is 2.27 bits per heavy atom. The van der Waals surface area contributed by atoms with Gasteiger partial charge in [-0.1, -0.05) is 13.8 Å². The van der Waals surface area contributed by atoms with Crippen LogP contribution in [0, 0.1) is 34.5 Å². The van der Waals surface area contributed by atoms with Crippen LogP contribution < -0.4 is 5.32 Å². The maximum absolute atomic E-state index is 10.8. The van der Waals surface area contributed by atoms with E-state index in [9.17, 15) is 10.2 Å². The van der Waals surface area contributed by atoms with Gasteiger partial charge in [0.15, 0.2) is 0 Å². The van der Waals surface area contributed by atoms with E-state index in [1.54, 1.807) is 0 Å².